The molecule has 4 aliphatic carbocycles. The second-order valence-electron chi connectivity index (χ2n) is 8.06. The Balaban J connectivity index is 1.43. The van der Waals surface area contributed by atoms with Crippen molar-refractivity contribution < 1.29 is 9.53 Å². The van der Waals surface area contributed by atoms with Crippen LogP contribution in [0.15, 0.2) is 119 Å². The van der Waals surface area contributed by atoms with Crippen molar-refractivity contribution in [3.05, 3.63) is 131 Å². The summed E-state index contributed by atoms with van der Waals surface area (Å²) in [6.07, 6.45) is 13.3. The largest absolute Gasteiger partial charge is 0.451 e. The van der Waals surface area contributed by atoms with E-state index in [0.717, 1.165) is 17.5 Å². The van der Waals surface area contributed by atoms with Gasteiger partial charge in [0, 0.05) is 5.92 Å². The molecule has 2 heteroatoms. The van der Waals surface area contributed by atoms with Crippen LogP contribution in [0, 0.1) is 11.3 Å². The van der Waals surface area contributed by atoms with Gasteiger partial charge in [-0.2, -0.15) is 0 Å². The third-order valence-electron chi connectivity index (χ3n) is 6.57. The number of allylic oxidation sites excluding steroid dienone is 7. The van der Waals surface area contributed by atoms with Gasteiger partial charge in [0.05, 0.1) is 0 Å². The van der Waals surface area contributed by atoms with Crippen LogP contribution in [-0.4, -0.2) is 5.97 Å². The van der Waals surface area contributed by atoms with Crippen molar-refractivity contribution in [2.75, 3.05) is 0 Å². The summed E-state index contributed by atoms with van der Waals surface area (Å²) in [7, 11) is 0. The Bertz CT molecular complexity index is 1120. The fourth-order valence-electron chi connectivity index (χ4n) is 5.23. The first-order valence-corrected chi connectivity index (χ1v) is 10.1. The predicted octanol–water partition coefficient (Wildman–Crippen LogP) is 5.63. The van der Waals surface area contributed by atoms with Crippen molar-refractivity contribution >= 4 is 5.97 Å². The standard InChI is InChI=1S/C27H20O2/c28-26(29-25(18-8-3-1-4-9-18)19-10-5-2-6-11-19)27-15-14-21-17-24(27)22-13-7-12-20(22)16-23(21)27/h1-16,21,25H,17H2. The summed E-state index contributed by atoms with van der Waals surface area (Å²) >= 11 is 0. The van der Waals surface area contributed by atoms with Crippen LogP contribution in [0.1, 0.15) is 23.7 Å². The number of fused-ring (bicyclic) bond motifs is 1. The average molecular weight is 376 g/mol. The number of rotatable bonds is 4. The first-order chi connectivity index (χ1) is 14.3. The highest BCUT2D eigenvalue weighted by Crippen LogP contribution is 2.62. The second kappa shape index (κ2) is 6.05. The van der Waals surface area contributed by atoms with E-state index in [1.54, 1.807) is 0 Å². The van der Waals surface area contributed by atoms with E-state index in [4.69, 9.17) is 4.74 Å². The molecule has 2 nitrogen and oxygen atoms in total. The molecule has 0 saturated heterocycles. The van der Waals surface area contributed by atoms with E-state index in [1.165, 1.54) is 22.3 Å². The summed E-state index contributed by atoms with van der Waals surface area (Å²) in [5.41, 5.74) is 6.05. The molecule has 2 aromatic rings. The molecule has 0 heterocycles. The molecule has 140 valence electrons. The van der Waals surface area contributed by atoms with Gasteiger partial charge in [-0.1, -0.05) is 97.1 Å². The molecule has 2 unspecified atom stereocenters. The van der Waals surface area contributed by atoms with Crippen molar-refractivity contribution in [2.24, 2.45) is 11.3 Å². The first-order valence-electron chi connectivity index (χ1n) is 10.1. The number of benzene rings is 2. The number of esters is 1. The van der Waals surface area contributed by atoms with Crippen molar-refractivity contribution in [1.82, 2.24) is 0 Å². The summed E-state index contributed by atoms with van der Waals surface area (Å²) in [5.74, 6) is 0.149. The molecule has 4 bridgehead atoms. The van der Waals surface area contributed by atoms with Gasteiger partial charge in [0.15, 0.2) is 6.10 Å². The molecule has 6 rings (SSSR count). The molecule has 2 atom stereocenters. The van der Waals surface area contributed by atoms with E-state index in [0.29, 0.717) is 5.92 Å². The molecule has 0 aliphatic heterocycles. The fourth-order valence-corrected chi connectivity index (χ4v) is 5.23. The van der Waals surface area contributed by atoms with E-state index in [2.05, 4.69) is 36.5 Å². The number of carbonyl (C=O) groups excluding carboxylic acids is 1. The van der Waals surface area contributed by atoms with Crippen LogP contribution in [0.3, 0.4) is 0 Å². The van der Waals surface area contributed by atoms with Crippen LogP contribution >= 0.6 is 0 Å². The molecule has 1 fully saturated rings. The quantitative estimate of drug-likeness (QED) is 0.511. The van der Waals surface area contributed by atoms with Crippen LogP contribution < -0.4 is 0 Å². The van der Waals surface area contributed by atoms with E-state index >= 15 is 0 Å². The lowest BCUT2D eigenvalue weighted by molar-refractivity contribution is -0.153. The molecule has 4 aliphatic rings. The Labute approximate surface area is 170 Å². The lowest BCUT2D eigenvalue weighted by Crippen LogP contribution is -2.34. The number of carbonyl (C=O) groups is 1. The Morgan fingerprint density at radius 1 is 1.00 bits per heavy atom. The number of hydrogen-bond donors (Lipinski definition) is 0. The number of hydrogen-bond acceptors (Lipinski definition) is 2. The minimum atomic E-state index is -0.728. The van der Waals surface area contributed by atoms with Crippen molar-refractivity contribution in [3.8, 4) is 0 Å². The average Bonchev–Trinajstić information content (AvgIpc) is 3.45. The lowest BCUT2D eigenvalue weighted by Gasteiger charge is -2.32. The second-order valence-corrected chi connectivity index (χ2v) is 8.06. The van der Waals surface area contributed by atoms with Crippen LogP contribution in [0.2, 0.25) is 0 Å². The van der Waals surface area contributed by atoms with E-state index in [9.17, 15) is 4.79 Å². The zero-order valence-electron chi connectivity index (χ0n) is 15.9. The van der Waals surface area contributed by atoms with Gasteiger partial charge in [0.25, 0.3) is 0 Å². The first kappa shape index (κ1) is 16.6. The minimum Gasteiger partial charge on any atom is -0.451 e. The van der Waals surface area contributed by atoms with Gasteiger partial charge in [-0.25, -0.2) is 0 Å². The Hall–Kier alpha value is -3.39. The topological polar surface area (TPSA) is 26.3 Å². The van der Waals surface area contributed by atoms with Crippen molar-refractivity contribution in [3.63, 3.8) is 0 Å². The van der Waals surface area contributed by atoms with Gasteiger partial charge in [-0.05, 0) is 39.8 Å². The maximum atomic E-state index is 13.8. The van der Waals surface area contributed by atoms with Crippen LogP contribution in [-0.2, 0) is 9.53 Å². The van der Waals surface area contributed by atoms with Crippen molar-refractivity contribution in [1.29, 1.82) is 0 Å². The molecule has 29 heavy (non-hydrogen) atoms. The summed E-state index contributed by atoms with van der Waals surface area (Å²) in [4.78, 5) is 13.8. The van der Waals surface area contributed by atoms with Gasteiger partial charge >= 0.3 is 5.97 Å². The zero-order chi connectivity index (χ0) is 19.4. The van der Waals surface area contributed by atoms with Crippen molar-refractivity contribution in [2.45, 2.75) is 12.5 Å². The van der Waals surface area contributed by atoms with Gasteiger partial charge in [0.1, 0.15) is 5.41 Å². The molecule has 0 aromatic heterocycles. The van der Waals surface area contributed by atoms with Crippen LogP contribution in [0.5, 0.6) is 0 Å². The highest BCUT2D eigenvalue weighted by Gasteiger charge is 2.58. The highest BCUT2D eigenvalue weighted by atomic mass is 16.5. The molecular weight excluding hydrogens is 356 g/mol. The summed E-state index contributed by atoms with van der Waals surface area (Å²) < 4.78 is 6.30. The van der Waals surface area contributed by atoms with Gasteiger partial charge < -0.3 is 4.74 Å². The smallest absolute Gasteiger partial charge is 0.325 e. The summed E-state index contributed by atoms with van der Waals surface area (Å²) in [6, 6.07) is 20.0. The molecular formula is C27H20O2. The van der Waals surface area contributed by atoms with Gasteiger partial charge in [0.2, 0.25) is 0 Å². The molecule has 0 N–H and O–H groups in total. The van der Waals surface area contributed by atoms with E-state index < -0.39 is 11.5 Å². The van der Waals surface area contributed by atoms with Gasteiger partial charge in [-0.15, -0.1) is 0 Å². The Morgan fingerprint density at radius 3 is 2.38 bits per heavy atom. The Morgan fingerprint density at radius 2 is 1.69 bits per heavy atom. The highest BCUT2D eigenvalue weighted by molar-refractivity contribution is 5.93. The monoisotopic (exact) mass is 376 g/mol. The third-order valence-corrected chi connectivity index (χ3v) is 6.57. The van der Waals surface area contributed by atoms with Gasteiger partial charge in [-0.3, -0.25) is 4.79 Å². The number of ether oxygens (including phenoxy) is 1. The van der Waals surface area contributed by atoms with E-state index in [-0.39, 0.29) is 5.97 Å². The molecule has 0 spiro atoms. The molecule has 0 radical (unpaired) electrons. The fraction of sp³-hybridized carbons (Fsp3) is 0.148. The van der Waals surface area contributed by atoms with Crippen LogP contribution in [0.25, 0.3) is 0 Å². The Kier molecular flexibility index (Phi) is 3.45. The molecule has 0 amide bonds. The SMILES string of the molecule is O=C(OC(c1ccccc1)c1ccccc1)C12C=CC3CC1=C1C=CC=C1C=C32. The molecule has 1 saturated carbocycles. The van der Waals surface area contributed by atoms with E-state index in [1.807, 2.05) is 60.7 Å². The minimum absolute atomic E-state index is 0.167. The summed E-state index contributed by atoms with van der Waals surface area (Å²) in [6.45, 7) is 0. The molecule has 2 aromatic carbocycles. The predicted molar refractivity (Wildman–Crippen MR) is 113 cm³/mol. The normalized spacial score (nSPS) is 25.3. The zero-order valence-corrected chi connectivity index (χ0v) is 15.9. The summed E-state index contributed by atoms with van der Waals surface area (Å²) in [5, 5.41) is 0. The maximum Gasteiger partial charge on any atom is 0.325 e. The lowest BCUT2D eigenvalue weighted by atomic mass is 9.73. The van der Waals surface area contributed by atoms with Crippen LogP contribution in [0.4, 0.5) is 0 Å². The maximum absolute atomic E-state index is 13.8. The third kappa shape index (κ3) is 2.26.